The maximum atomic E-state index is 13.1. The fourth-order valence-electron chi connectivity index (χ4n) is 3.91. The lowest BCUT2D eigenvalue weighted by Gasteiger charge is -2.25. The Morgan fingerprint density at radius 2 is 1.77 bits per heavy atom. The summed E-state index contributed by atoms with van der Waals surface area (Å²) in [4.78, 5) is 31.5. The van der Waals surface area contributed by atoms with Gasteiger partial charge in [-0.15, -0.1) is 0 Å². The van der Waals surface area contributed by atoms with Crippen molar-refractivity contribution in [1.82, 2.24) is 9.88 Å². The van der Waals surface area contributed by atoms with Crippen LogP contribution in [0, 0.1) is 13.8 Å². The average Bonchev–Trinajstić information content (AvgIpc) is 3.00. The molecule has 1 amide bonds. The van der Waals surface area contributed by atoms with Crippen LogP contribution >= 0.6 is 0 Å². The van der Waals surface area contributed by atoms with Gasteiger partial charge in [-0.3, -0.25) is 14.6 Å². The number of amides is 1. The van der Waals surface area contributed by atoms with Crippen LogP contribution in [0.15, 0.2) is 72.6 Å². The number of Topliss-reactive ketones (excluding diaryl/α,β-unsaturated/α-hetero) is 1. The highest BCUT2D eigenvalue weighted by atomic mass is 16.3. The molecule has 6 nitrogen and oxygen atoms in total. The number of aryl methyl sites for hydroxylation is 2. The molecule has 31 heavy (non-hydrogen) atoms. The lowest BCUT2D eigenvalue weighted by Crippen LogP contribution is -2.29. The van der Waals surface area contributed by atoms with Crippen LogP contribution in [0.4, 0.5) is 0 Å². The average molecular weight is 414 g/mol. The zero-order valence-electron chi connectivity index (χ0n) is 17.2. The molecular weight excluding hydrogens is 392 g/mol. The Bertz CT molecular complexity index is 1200. The number of phenolic OH excluding ortho intramolecular Hbond substituents is 1. The molecule has 0 saturated carbocycles. The first-order chi connectivity index (χ1) is 14.9. The molecular formula is C25H22N2O4. The summed E-state index contributed by atoms with van der Waals surface area (Å²) in [6.45, 7) is 3.90. The zero-order chi connectivity index (χ0) is 22.1. The van der Waals surface area contributed by atoms with Crippen molar-refractivity contribution < 1.29 is 19.8 Å². The number of hydrogen-bond donors (Lipinski definition) is 2. The number of likely N-dealkylation sites (tertiary alicyclic amines) is 1. The minimum atomic E-state index is -0.833. The van der Waals surface area contributed by atoms with Crippen LogP contribution in [0.1, 0.15) is 33.9 Å². The van der Waals surface area contributed by atoms with Gasteiger partial charge in [0.25, 0.3) is 11.7 Å². The molecule has 0 radical (unpaired) electrons. The second kappa shape index (κ2) is 8.07. The summed E-state index contributed by atoms with van der Waals surface area (Å²) in [5.74, 6) is -1.65. The first-order valence-electron chi connectivity index (χ1n) is 9.90. The molecule has 4 rings (SSSR count). The number of rotatable bonds is 4. The van der Waals surface area contributed by atoms with E-state index in [4.69, 9.17) is 0 Å². The van der Waals surface area contributed by atoms with Crippen LogP contribution in [0.25, 0.3) is 5.76 Å². The van der Waals surface area contributed by atoms with Crippen LogP contribution in [0.3, 0.4) is 0 Å². The van der Waals surface area contributed by atoms with E-state index in [9.17, 15) is 19.8 Å². The zero-order valence-corrected chi connectivity index (χ0v) is 17.2. The van der Waals surface area contributed by atoms with Crippen LogP contribution < -0.4 is 0 Å². The predicted molar refractivity (Wildman–Crippen MR) is 116 cm³/mol. The molecule has 1 aliphatic rings. The summed E-state index contributed by atoms with van der Waals surface area (Å²) in [5.41, 5.74) is 3.57. The number of aliphatic hydroxyl groups excluding tert-OH is 1. The normalized spacial score (nSPS) is 17.9. The number of aromatic nitrogens is 1. The quantitative estimate of drug-likeness (QED) is 0.382. The van der Waals surface area contributed by atoms with Gasteiger partial charge in [0.1, 0.15) is 11.5 Å². The molecule has 1 saturated heterocycles. The Kier molecular flexibility index (Phi) is 5.29. The Morgan fingerprint density at radius 1 is 1.03 bits per heavy atom. The van der Waals surface area contributed by atoms with Crippen molar-refractivity contribution in [2.24, 2.45) is 0 Å². The first kappa shape index (κ1) is 20.3. The Morgan fingerprint density at radius 3 is 2.48 bits per heavy atom. The van der Waals surface area contributed by atoms with Crippen molar-refractivity contribution >= 4 is 17.4 Å². The van der Waals surface area contributed by atoms with Gasteiger partial charge in [0, 0.05) is 24.5 Å². The molecule has 2 aromatic carbocycles. The molecule has 6 heteroatoms. The van der Waals surface area contributed by atoms with Gasteiger partial charge in [-0.25, -0.2) is 0 Å². The maximum Gasteiger partial charge on any atom is 0.295 e. The predicted octanol–water partition coefficient (Wildman–Crippen LogP) is 4.03. The van der Waals surface area contributed by atoms with Crippen molar-refractivity contribution in [1.29, 1.82) is 0 Å². The molecule has 3 aromatic rings. The van der Waals surface area contributed by atoms with Crippen molar-refractivity contribution in [2.75, 3.05) is 0 Å². The summed E-state index contributed by atoms with van der Waals surface area (Å²) in [5, 5.41) is 21.2. The molecule has 1 unspecified atom stereocenters. The summed E-state index contributed by atoms with van der Waals surface area (Å²) < 4.78 is 0. The van der Waals surface area contributed by atoms with Crippen LogP contribution in [0.5, 0.6) is 5.75 Å². The standard InChI is InChI=1S/C25H22N2O4/c1-15-6-7-16(2)20(12-15)23(29)21-22(18-4-3-5-19(28)13-18)27(25(31)24(21)30)14-17-8-10-26-11-9-17/h3-13,22,28-29H,14H2,1-2H3. The highest BCUT2D eigenvalue weighted by Crippen LogP contribution is 2.41. The summed E-state index contributed by atoms with van der Waals surface area (Å²) in [7, 11) is 0. The summed E-state index contributed by atoms with van der Waals surface area (Å²) in [6, 6.07) is 14.7. The van der Waals surface area contributed by atoms with Gasteiger partial charge < -0.3 is 15.1 Å². The van der Waals surface area contributed by atoms with Crippen molar-refractivity contribution in [3.8, 4) is 5.75 Å². The van der Waals surface area contributed by atoms with Gasteiger partial charge in [-0.1, -0.05) is 29.8 Å². The fourth-order valence-corrected chi connectivity index (χ4v) is 3.91. The number of aliphatic hydroxyl groups is 1. The lowest BCUT2D eigenvalue weighted by molar-refractivity contribution is -0.140. The van der Waals surface area contributed by atoms with E-state index in [1.807, 2.05) is 26.0 Å². The molecule has 2 N–H and O–H groups in total. The molecule has 0 spiro atoms. The molecule has 1 atom stereocenters. The number of hydrogen-bond acceptors (Lipinski definition) is 5. The number of carbonyl (C=O) groups excluding carboxylic acids is 2. The molecule has 0 bridgehead atoms. The Labute approximate surface area is 180 Å². The van der Waals surface area contributed by atoms with Crippen molar-refractivity contribution in [3.05, 3.63) is 100 Å². The molecule has 0 aliphatic carbocycles. The van der Waals surface area contributed by atoms with Crippen LogP contribution in [0.2, 0.25) is 0 Å². The number of phenols is 1. The number of aromatic hydroxyl groups is 1. The number of pyridine rings is 1. The molecule has 1 fully saturated rings. The third kappa shape index (κ3) is 3.80. The van der Waals surface area contributed by atoms with E-state index >= 15 is 0 Å². The third-order valence-corrected chi connectivity index (χ3v) is 5.48. The highest BCUT2D eigenvalue weighted by molar-refractivity contribution is 6.46. The van der Waals surface area contributed by atoms with Crippen molar-refractivity contribution in [2.45, 2.75) is 26.4 Å². The Balaban J connectivity index is 1.91. The van der Waals surface area contributed by atoms with Gasteiger partial charge in [0.2, 0.25) is 0 Å². The van der Waals surface area contributed by atoms with E-state index in [0.29, 0.717) is 11.1 Å². The lowest BCUT2D eigenvalue weighted by atomic mass is 9.93. The van der Waals surface area contributed by atoms with Crippen LogP contribution in [-0.2, 0) is 16.1 Å². The monoisotopic (exact) mass is 414 g/mol. The van der Waals surface area contributed by atoms with E-state index in [2.05, 4.69) is 4.98 Å². The molecule has 1 aliphatic heterocycles. The summed E-state index contributed by atoms with van der Waals surface area (Å²) >= 11 is 0. The second-order valence-corrected chi connectivity index (χ2v) is 7.70. The van der Waals surface area contributed by atoms with Gasteiger partial charge in [-0.05, 0) is 60.9 Å². The van der Waals surface area contributed by atoms with Gasteiger partial charge >= 0.3 is 0 Å². The summed E-state index contributed by atoms with van der Waals surface area (Å²) in [6.07, 6.45) is 3.23. The second-order valence-electron chi connectivity index (χ2n) is 7.70. The fraction of sp³-hybridized carbons (Fsp3) is 0.160. The van der Waals surface area contributed by atoms with E-state index in [1.165, 1.54) is 17.0 Å². The number of carbonyl (C=O) groups is 2. The van der Waals surface area contributed by atoms with E-state index < -0.39 is 17.7 Å². The van der Waals surface area contributed by atoms with Gasteiger partial charge in [0.15, 0.2) is 0 Å². The van der Waals surface area contributed by atoms with E-state index in [-0.39, 0.29) is 23.6 Å². The minimum absolute atomic E-state index is 0.0124. The molecule has 1 aromatic heterocycles. The maximum absolute atomic E-state index is 13.1. The number of ketones is 1. The van der Waals surface area contributed by atoms with Gasteiger partial charge in [-0.2, -0.15) is 0 Å². The highest BCUT2D eigenvalue weighted by Gasteiger charge is 2.46. The minimum Gasteiger partial charge on any atom is -0.508 e. The van der Waals surface area contributed by atoms with Gasteiger partial charge in [0.05, 0.1) is 11.6 Å². The largest absolute Gasteiger partial charge is 0.508 e. The third-order valence-electron chi connectivity index (χ3n) is 5.48. The topological polar surface area (TPSA) is 90.7 Å². The number of nitrogens with zero attached hydrogens (tertiary/aromatic N) is 2. The van der Waals surface area contributed by atoms with E-state index in [1.54, 1.807) is 42.7 Å². The molecule has 156 valence electrons. The smallest absolute Gasteiger partial charge is 0.295 e. The van der Waals surface area contributed by atoms with Crippen LogP contribution in [-0.4, -0.2) is 31.8 Å². The molecule has 2 heterocycles. The Hall–Kier alpha value is -3.93. The first-order valence-corrected chi connectivity index (χ1v) is 9.90. The SMILES string of the molecule is Cc1ccc(C)c(C(O)=C2C(=O)C(=O)N(Cc3ccncc3)C2c2cccc(O)c2)c1. The van der Waals surface area contributed by atoms with Crippen molar-refractivity contribution in [3.63, 3.8) is 0 Å². The van der Waals surface area contributed by atoms with E-state index in [0.717, 1.165) is 16.7 Å². The number of benzene rings is 2.